The monoisotopic (exact) mass is 410 g/mol. The van der Waals surface area contributed by atoms with Crippen LogP contribution in [0.4, 0.5) is 5.00 Å². The predicted molar refractivity (Wildman–Crippen MR) is 114 cm³/mol. The fourth-order valence-electron chi connectivity index (χ4n) is 3.08. The van der Waals surface area contributed by atoms with Gasteiger partial charge >= 0.3 is 0 Å². The number of aryl methyl sites for hydroxylation is 2. The summed E-state index contributed by atoms with van der Waals surface area (Å²) in [4.78, 5) is 27.1. The molecule has 0 saturated carbocycles. The Morgan fingerprint density at radius 2 is 1.82 bits per heavy atom. The van der Waals surface area contributed by atoms with Gasteiger partial charge in [0.15, 0.2) is 0 Å². The van der Waals surface area contributed by atoms with Crippen LogP contribution in [-0.4, -0.2) is 21.6 Å². The second kappa shape index (κ2) is 6.88. The summed E-state index contributed by atoms with van der Waals surface area (Å²) in [5.74, 6) is -0.798. The molecule has 0 fully saturated rings. The summed E-state index contributed by atoms with van der Waals surface area (Å²) in [6.45, 7) is 5.66. The van der Waals surface area contributed by atoms with Crippen LogP contribution in [0.1, 0.15) is 36.2 Å². The Bertz CT molecular complexity index is 1220. The summed E-state index contributed by atoms with van der Waals surface area (Å²) in [6, 6.07) is 11.6. The van der Waals surface area contributed by atoms with Crippen LogP contribution in [0.5, 0.6) is 0 Å². The summed E-state index contributed by atoms with van der Waals surface area (Å²) in [5, 5.41) is 8.88. The van der Waals surface area contributed by atoms with E-state index in [2.05, 4.69) is 10.4 Å². The lowest BCUT2D eigenvalue weighted by Gasteiger charge is -2.04. The number of nitrogens with two attached hydrogens (primary N) is 1. The number of anilines is 1. The van der Waals surface area contributed by atoms with Crippen LogP contribution in [0.2, 0.25) is 0 Å². The largest absolute Gasteiger partial charge is 0.365 e. The molecular weight excluding hydrogens is 392 g/mol. The van der Waals surface area contributed by atoms with Crippen molar-refractivity contribution >= 4 is 49.7 Å². The molecule has 0 radical (unpaired) electrons. The third-order valence-electron chi connectivity index (χ3n) is 4.63. The molecule has 1 aromatic carbocycles. The van der Waals surface area contributed by atoms with Crippen molar-refractivity contribution in [2.75, 3.05) is 5.32 Å². The number of nitrogens with zero attached hydrogens (tertiary/aromatic N) is 2. The molecule has 8 heteroatoms. The van der Waals surface area contributed by atoms with E-state index in [0.717, 1.165) is 32.0 Å². The first kappa shape index (κ1) is 18.4. The molecule has 6 nitrogen and oxygen atoms in total. The predicted octanol–water partition coefficient (Wildman–Crippen LogP) is 4.42. The first-order valence-corrected chi connectivity index (χ1v) is 10.3. The molecule has 0 aliphatic rings. The number of carbonyl (C=O) groups excluding carboxylic acids is 2. The molecule has 0 aliphatic heterocycles. The number of aromatic nitrogens is 2. The second-order valence-corrected chi connectivity index (χ2v) is 8.72. The van der Waals surface area contributed by atoms with E-state index in [0.29, 0.717) is 15.4 Å². The Labute approximate surface area is 169 Å². The Hall–Kier alpha value is -2.97. The molecule has 0 spiro atoms. The second-order valence-electron chi connectivity index (χ2n) is 6.47. The maximum Gasteiger partial charge on any atom is 0.266 e. The van der Waals surface area contributed by atoms with Gasteiger partial charge in [0.25, 0.3) is 11.8 Å². The number of carbonyl (C=O) groups is 2. The standard InChI is InChI=1S/C20H18N4O2S2/c1-10-12(3)27-19(16(10)17(21)25)22-18(26)15-9-14-11(2)23-24(20(14)28-15)13-7-5-4-6-8-13/h4-9H,1-3H3,(H2,21,25)(H,22,26). The smallest absolute Gasteiger partial charge is 0.266 e. The summed E-state index contributed by atoms with van der Waals surface area (Å²) in [6.07, 6.45) is 0. The number of fused-ring (bicyclic) bond motifs is 1. The molecule has 4 rings (SSSR count). The average molecular weight is 411 g/mol. The number of amides is 2. The number of primary amides is 1. The van der Waals surface area contributed by atoms with Gasteiger partial charge in [0.1, 0.15) is 9.83 Å². The molecule has 0 atom stereocenters. The van der Waals surface area contributed by atoms with Crippen molar-refractivity contribution in [1.29, 1.82) is 0 Å². The van der Waals surface area contributed by atoms with Crippen molar-refractivity contribution in [2.45, 2.75) is 20.8 Å². The highest BCUT2D eigenvalue weighted by atomic mass is 32.1. The Kier molecular flexibility index (Phi) is 4.52. The van der Waals surface area contributed by atoms with Crippen LogP contribution in [0.3, 0.4) is 0 Å². The number of para-hydroxylation sites is 1. The molecular formula is C20H18N4O2S2. The molecule has 4 aromatic rings. The highest BCUT2D eigenvalue weighted by Gasteiger charge is 2.22. The van der Waals surface area contributed by atoms with E-state index in [1.807, 2.05) is 61.9 Å². The molecule has 28 heavy (non-hydrogen) atoms. The SMILES string of the molecule is Cc1sc(NC(=O)c2cc3c(C)nn(-c4ccccc4)c3s2)c(C(N)=O)c1C. The van der Waals surface area contributed by atoms with E-state index in [1.54, 1.807) is 0 Å². The first-order chi connectivity index (χ1) is 13.4. The molecule has 0 unspecified atom stereocenters. The van der Waals surface area contributed by atoms with Gasteiger partial charge in [0.05, 0.1) is 21.8 Å². The fraction of sp³-hybridized carbons (Fsp3) is 0.150. The van der Waals surface area contributed by atoms with Crippen molar-refractivity contribution in [3.8, 4) is 5.69 Å². The first-order valence-electron chi connectivity index (χ1n) is 8.62. The van der Waals surface area contributed by atoms with Crippen LogP contribution in [0, 0.1) is 20.8 Å². The lowest BCUT2D eigenvalue weighted by atomic mass is 10.1. The van der Waals surface area contributed by atoms with Gasteiger partial charge < -0.3 is 11.1 Å². The third-order valence-corrected chi connectivity index (χ3v) is 6.86. The van der Waals surface area contributed by atoms with Gasteiger partial charge in [0.2, 0.25) is 0 Å². The Morgan fingerprint density at radius 1 is 1.11 bits per heavy atom. The molecule has 3 aromatic heterocycles. The number of hydrogen-bond donors (Lipinski definition) is 2. The lowest BCUT2D eigenvalue weighted by Crippen LogP contribution is -2.16. The molecule has 2 amide bonds. The molecule has 3 N–H and O–H groups in total. The maximum atomic E-state index is 12.9. The zero-order valence-electron chi connectivity index (χ0n) is 15.6. The summed E-state index contributed by atoms with van der Waals surface area (Å²) in [7, 11) is 0. The normalized spacial score (nSPS) is 11.1. The van der Waals surface area contributed by atoms with E-state index in [-0.39, 0.29) is 5.91 Å². The van der Waals surface area contributed by atoms with Crippen molar-refractivity contribution in [3.05, 3.63) is 63.0 Å². The summed E-state index contributed by atoms with van der Waals surface area (Å²) < 4.78 is 1.85. The molecule has 0 bridgehead atoms. The topological polar surface area (TPSA) is 90.0 Å². The molecule has 0 aliphatic carbocycles. The van der Waals surface area contributed by atoms with Crippen LogP contribution in [0.15, 0.2) is 36.4 Å². The molecule has 0 saturated heterocycles. The lowest BCUT2D eigenvalue weighted by molar-refractivity contribution is 0.100. The van der Waals surface area contributed by atoms with E-state index in [9.17, 15) is 9.59 Å². The number of rotatable bonds is 4. The number of nitrogens with one attached hydrogen (secondary N) is 1. The van der Waals surface area contributed by atoms with E-state index in [4.69, 9.17) is 5.73 Å². The molecule has 3 heterocycles. The highest BCUT2D eigenvalue weighted by molar-refractivity contribution is 7.21. The Morgan fingerprint density at radius 3 is 2.50 bits per heavy atom. The van der Waals surface area contributed by atoms with Gasteiger partial charge in [-0.05, 0) is 44.5 Å². The quantitative estimate of drug-likeness (QED) is 0.522. The molecule has 142 valence electrons. The number of thiophene rings is 2. The minimum absolute atomic E-state index is 0.260. The summed E-state index contributed by atoms with van der Waals surface area (Å²) >= 11 is 2.73. The zero-order chi connectivity index (χ0) is 20.0. The minimum atomic E-state index is -0.538. The minimum Gasteiger partial charge on any atom is -0.365 e. The van der Waals surface area contributed by atoms with Crippen molar-refractivity contribution < 1.29 is 9.59 Å². The van der Waals surface area contributed by atoms with Gasteiger partial charge in [-0.25, -0.2) is 4.68 Å². The van der Waals surface area contributed by atoms with Crippen molar-refractivity contribution in [2.24, 2.45) is 5.73 Å². The van der Waals surface area contributed by atoms with Crippen LogP contribution < -0.4 is 11.1 Å². The van der Waals surface area contributed by atoms with Crippen LogP contribution in [0.25, 0.3) is 15.9 Å². The zero-order valence-corrected chi connectivity index (χ0v) is 17.2. The van der Waals surface area contributed by atoms with E-state index in [1.165, 1.54) is 22.7 Å². The van der Waals surface area contributed by atoms with Gasteiger partial charge in [-0.3, -0.25) is 9.59 Å². The van der Waals surface area contributed by atoms with Crippen molar-refractivity contribution in [3.63, 3.8) is 0 Å². The van der Waals surface area contributed by atoms with Crippen molar-refractivity contribution in [1.82, 2.24) is 9.78 Å². The van der Waals surface area contributed by atoms with Crippen LogP contribution in [-0.2, 0) is 0 Å². The van der Waals surface area contributed by atoms with Gasteiger partial charge in [-0.1, -0.05) is 18.2 Å². The van der Waals surface area contributed by atoms with Gasteiger partial charge in [0, 0.05) is 10.3 Å². The Balaban J connectivity index is 1.72. The number of hydrogen-bond acceptors (Lipinski definition) is 5. The summed E-state index contributed by atoms with van der Waals surface area (Å²) in [5.41, 5.74) is 8.48. The number of benzene rings is 1. The average Bonchev–Trinajstić information content (AvgIpc) is 3.30. The van der Waals surface area contributed by atoms with E-state index >= 15 is 0 Å². The van der Waals surface area contributed by atoms with Crippen LogP contribution >= 0.6 is 22.7 Å². The van der Waals surface area contributed by atoms with Gasteiger partial charge in [-0.15, -0.1) is 22.7 Å². The third kappa shape index (κ3) is 3.00. The highest BCUT2D eigenvalue weighted by Crippen LogP contribution is 2.34. The maximum absolute atomic E-state index is 12.9. The fourth-order valence-corrected chi connectivity index (χ4v) is 5.22. The van der Waals surface area contributed by atoms with Gasteiger partial charge in [-0.2, -0.15) is 5.10 Å². The van der Waals surface area contributed by atoms with E-state index < -0.39 is 5.91 Å².